The van der Waals surface area contributed by atoms with E-state index in [0.717, 1.165) is 6.42 Å². The summed E-state index contributed by atoms with van der Waals surface area (Å²) >= 11 is 1.19. The standard InChI is InChI=1S/C18H24N4O3S/c1-4-10-19-16(24)12(3)20-15(23)11-26-18-21-14-9-7-6-8-13(14)17(25)22(18)5-2/h6-9,12H,4-5,10-11H2,1-3H3,(H,19,24)(H,20,23)/t12-/m1/s1. The van der Waals surface area contributed by atoms with E-state index in [0.29, 0.717) is 29.1 Å². The molecular weight excluding hydrogens is 352 g/mol. The SMILES string of the molecule is CCCNC(=O)[C@@H](C)NC(=O)CSc1nc2ccccc2c(=O)n1CC. The maximum absolute atomic E-state index is 12.5. The van der Waals surface area contributed by atoms with Gasteiger partial charge in [0.2, 0.25) is 11.8 Å². The van der Waals surface area contributed by atoms with Crippen LogP contribution in [0.5, 0.6) is 0 Å². The van der Waals surface area contributed by atoms with Crippen molar-refractivity contribution in [2.24, 2.45) is 0 Å². The van der Waals surface area contributed by atoms with Crippen LogP contribution in [-0.2, 0) is 16.1 Å². The van der Waals surface area contributed by atoms with Gasteiger partial charge in [0.15, 0.2) is 5.16 Å². The molecule has 1 aromatic heterocycles. The Labute approximate surface area is 156 Å². The summed E-state index contributed by atoms with van der Waals surface area (Å²) < 4.78 is 1.55. The average Bonchev–Trinajstić information content (AvgIpc) is 2.64. The van der Waals surface area contributed by atoms with Gasteiger partial charge >= 0.3 is 0 Å². The minimum atomic E-state index is -0.604. The second-order valence-corrected chi connectivity index (χ2v) is 6.77. The van der Waals surface area contributed by atoms with Crippen molar-refractivity contribution in [2.45, 2.75) is 44.9 Å². The zero-order chi connectivity index (χ0) is 19.1. The summed E-state index contributed by atoms with van der Waals surface area (Å²) in [6.07, 6.45) is 0.838. The number of fused-ring (bicyclic) bond motifs is 1. The first-order chi connectivity index (χ1) is 12.5. The lowest BCUT2D eigenvalue weighted by atomic mass is 10.2. The molecule has 0 bridgehead atoms. The first kappa shape index (κ1) is 20.0. The van der Waals surface area contributed by atoms with Crippen molar-refractivity contribution in [3.63, 3.8) is 0 Å². The van der Waals surface area contributed by atoms with Crippen LogP contribution in [0.4, 0.5) is 0 Å². The van der Waals surface area contributed by atoms with Crippen molar-refractivity contribution in [2.75, 3.05) is 12.3 Å². The summed E-state index contributed by atoms with van der Waals surface area (Å²) in [5.41, 5.74) is 0.491. The van der Waals surface area contributed by atoms with Gasteiger partial charge in [0.25, 0.3) is 5.56 Å². The zero-order valence-corrected chi connectivity index (χ0v) is 16.1. The number of carbonyl (C=O) groups is 2. The molecule has 1 atom stereocenters. The number of nitrogens with zero attached hydrogens (tertiary/aromatic N) is 2. The molecule has 0 aliphatic heterocycles. The maximum atomic E-state index is 12.5. The summed E-state index contributed by atoms with van der Waals surface area (Å²) in [6.45, 7) is 6.52. The highest BCUT2D eigenvalue weighted by molar-refractivity contribution is 7.99. The van der Waals surface area contributed by atoms with E-state index in [4.69, 9.17) is 0 Å². The lowest BCUT2D eigenvalue weighted by molar-refractivity contribution is -0.127. The minimum absolute atomic E-state index is 0.0795. The third-order valence-electron chi connectivity index (χ3n) is 3.80. The number of hydrogen-bond acceptors (Lipinski definition) is 5. The molecule has 0 spiro atoms. The van der Waals surface area contributed by atoms with E-state index in [1.165, 1.54) is 11.8 Å². The fourth-order valence-electron chi connectivity index (χ4n) is 2.42. The second-order valence-electron chi connectivity index (χ2n) is 5.83. The predicted molar refractivity (Wildman–Crippen MR) is 103 cm³/mol. The largest absolute Gasteiger partial charge is 0.354 e. The summed E-state index contributed by atoms with van der Waals surface area (Å²) in [5, 5.41) is 6.45. The number of aromatic nitrogens is 2. The quantitative estimate of drug-likeness (QED) is 0.538. The summed E-state index contributed by atoms with van der Waals surface area (Å²) in [6, 6.07) is 6.54. The molecule has 2 amide bonds. The summed E-state index contributed by atoms with van der Waals surface area (Å²) in [7, 11) is 0. The van der Waals surface area contributed by atoms with Gasteiger partial charge in [-0.1, -0.05) is 30.8 Å². The van der Waals surface area contributed by atoms with E-state index in [1.54, 1.807) is 29.7 Å². The van der Waals surface area contributed by atoms with Gasteiger partial charge in [-0.05, 0) is 32.4 Å². The van der Waals surface area contributed by atoms with Crippen LogP contribution < -0.4 is 16.2 Å². The van der Waals surface area contributed by atoms with Crippen LogP contribution >= 0.6 is 11.8 Å². The highest BCUT2D eigenvalue weighted by Gasteiger charge is 2.16. The Hall–Kier alpha value is -2.35. The molecule has 0 saturated heterocycles. The third-order valence-corrected chi connectivity index (χ3v) is 4.77. The van der Waals surface area contributed by atoms with Crippen LogP contribution in [0.1, 0.15) is 27.2 Å². The van der Waals surface area contributed by atoms with Gasteiger partial charge in [0.05, 0.1) is 16.7 Å². The van der Waals surface area contributed by atoms with Gasteiger partial charge in [0.1, 0.15) is 6.04 Å². The number of nitrogens with one attached hydrogen (secondary N) is 2. The molecule has 2 aromatic rings. The lowest BCUT2D eigenvalue weighted by Gasteiger charge is -2.14. The number of amides is 2. The highest BCUT2D eigenvalue weighted by Crippen LogP contribution is 2.17. The molecule has 2 rings (SSSR count). The van der Waals surface area contributed by atoms with Gasteiger partial charge in [-0.25, -0.2) is 4.98 Å². The molecule has 140 valence electrons. The van der Waals surface area contributed by atoms with E-state index >= 15 is 0 Å². The van der Waals surface area contributed by atoms with E-state index < -0.39 is 6.04 Å². The van der Waals surface area contributed by atoms with E-state index in [9.17, 15) is 14.4 Å². The monoisotopic (exact) mass is 376 g/mol. The third kappa shape index (κ3) is 4.85. The molecule has 26 heavy (non-hydrogen) atoms. The van der Waals surface area contributed by atoms with Crippen molar-refractivity contribution >= 4 is 34.5 Å². The molecule has 7 nitrogen and oxygen atoms in total. The Morgan fingerprint density at radius 3 is 2.69 bits per heavy atom. The first-order valence-corrected chi connectivity index (χ1v) is 9.65. The molecule has 0 aliphatic rings. The molecule has 0 unspecified atom stereocenters. The van der Waals surface area contributed by atoms with Crippen LogP contribution in [-0.4, -0.2) is 39.7 Å². The molecule has 1 aromatic carbocycles. The van der Waals surface area contributed by atoms with Crippen molar-refractivity contribution in [1.29, 1.82) is 0 Å². The number of carbonyl (C=O) groups excluding carboxylic acids is 2. The number of hydrogen-bond donors (Lipinski definition) is 2. The lowest BCUT2D eigenvalue weighted by Crippen LogP contribution is -2.45. The molecule has 0 radical (unpaired) electrons. The maximum Gasteiger partial charge on any atom is 0.262 e. The number of para-hydroxylation sites is 1. The van der Waals surface area contributed by atoms with Gasteiger partial charge < -0.3 is 10.6 Å². The van der Waals surface area contributed by atoms with Crippen molar-refractivity contribution in [1.82, 2.24) is 20.2 Å². The van der Waals surface area contributed by atoms with Crippen LogP contribution in [0.2, 0.25) is 0 Å². The Balaban J connectivity index is 2.06. The van der Waals surface area contributed by atoms with Crippen LogP contribution in [0.15, 0.2) is 34.2 Å². The van der Waals surface area contributed by atoms with Gasteiger partial charge in [-0.15, -0.1) is 0 Å². The Morgan fingerprint density at radius 2 is 2.00 bits per heavy atom. The fourth-order valence-corrected chi connectivity index (χ4v) is 3.29. The number of benzene rings is 1. The van der Waals surface area contributed by atoms with Crippen molar-refractivity contribution in [3.05, 3.63) is 34.6 Å². The van der Waals surface area contributed by atoms with E-state index in [2.05, 4.69) is 15.6 Å². The Bertz CT molecular complexity index is 850. The van der Waals surface area contributed by atoms with Crippen molar-refractivity contribution < 1.29 is 9.59 Å². The highest BCUT2D eigenvalue weighted by atomic mass is 32.2. The summed E-state index contributed by atoms with van der Waals surface area (Å²) in [4.78, 5) is 41.0. The molecule has 0 fully saturated rings. The Kier molecular flexibility index (Phi) is 7.20. The predicted octanol–water partition coefficient (Wildman–Crippen LogP) is 1.54. The van der Waals surface area contributed by atoms with Crippen LogP contribution in [0.25, 0.3) is 10.9 Å². The topological polar surface area (TPSA) is 93.1 Å². The van der Waals surface area contributed by atoms with Gasteiger partial charge in [-0.3, -0.25) is 19.0 Å². The van der Waals surface area contributed by atoms with Crippen molar-refractivity contribution in [3.8, 4) is 0 Å². The van der Waals surface area contributed by atoms with E-state index in [-0.39, 0.29) is 23.1 Å². The Morgan fingerprint density at radius 1 is 1.27 bits per heavy atom. The molecule has 2 N–H and O–H groups in total. The van der Waals surface area contributed by atoms with E-state index in [1.807, 2.05) is 19.9 Å². The summed E-state index contributed by atoms with van der Waals surface area (Å²) in [5.74, 6) is -0.408. The molecule has 8 heteroatoms. The van der Waals surface area contributed by atoms with Crippen LogP contribution in [0, 0.1) is 0 Å². The second kappa shape index (κ2) is 9.38. The number of rotatable bonds is 8. The van der Waals surface area contributed by atoms with Gasteiger partial charge in [-0.2, -0.15) is 0 Å². The molecule has 0 aliphatic carbocycles. The molecule has 0 saturated carbocycles. The van der Waals surface area contributed by atoms with Gasteiger partial charge in [0, 0.05) is 13.1 Å². The zero-order valence-electron chi connectivity index (χ0n) is 15.2. The number of thioether (sulfide) groups is 1. The fraction of sp³-hybridized carbons (Fsp3) is 0.444. The smallest absolute Gasteiger partial charge is 0.262 e. The first-order valence-electron chi connectivity index (χ1n) is 8.67. The average molecular weight is 376 g/mol. The molecular formula is C18H24N4O3S. The van der Waals surface area contributed by atoms with Crippen LogP contribution in [0.3, 0.4) is 0 Å². The normalized spacial score (nSPS) is 12.0. The molecule has 1 heterocycles. The minimum Gasteiger partial charge on any atom is -0.354 e.